The molecule has 0 aliphatic carbocycles. The fourth-order valence-electron chi connectivity index (χ4n) is 2.41. The number of aromatic hydroxyl groups is 1. The van der Waals surface area contributed by atoms with Crippen LogP contribution in [0.3, 0.4) is 0 Å². The van der Waals surface area contributed by atoms with E-state index < -0.39 is 0 Å². The SMILES string of the molecule is COc1cc(Br)cc(C=Nn2c(C)nnc2-n2nc(C)cc2C)c1O. The molecule has 0 saturated heterocycles. The van der Waals surface area contributed by atoms with E-state index >= 15 is 0 Å². The molecule has 0 spiro atoms. The van der Waals surface area contributed by atoms with Gasteiger partial charge in [-0.05, 0) is 39.0 Å². The van der Waals surface area contributed by atoms with Crippen molar-refractivity contribution >= 4 is 22.1 Å². The Labute approximate surface area is 152 Å². The maximum Gasteiger partial charge on any atom is 0.273 e. The molecule has 130 valence electrons. The smallest absolute Gasteiger partial charge is 0.273 e. The van der Waals surface area contributed by atoms with Crippen LogP contribution in [0.4, 0.5) is 0 Å². The van der Waals surface area contributed by atoms with Crippen LogP contribution in [0.2, 0.25) is 0 Å². The number of phenols is 1. The number of phenolic OH excluding ortho intramolecular Hbond substituents is 1. The van der Waals surface area contributed by atoms with Crippen molar-refractivity contribution < 1.29 is 9.84 Å². The number of hydrogen-bond acceptors (Lipinski definition) is 6. The second kappa shape index (κ2) is 6.67. The topological polar surface area (TPSA) is 90.4 Å². The summed E-state index contributed by atoms with van der Waals surface area (Å²) in [5.41, 5.74) is 2.30. The number of rotatable bonds is 4. The van der Waals surface area contributed by atoms with Gasteiger partial charge in [0.15, 0.2) is 17.3 Å². The van der Waals surface area contributed by atoms with Gasteiger partial charge in [0, 0.05) is 15.7 Å². The Morgan fingerprint density at radius 2 is 1.96 bits per heavy atom. The largest absolute Gasteiger partial charge is 0.504 e. The Hall–Kier alpha value is -2.68. The third-order valence-corrected chi connectivity index (χ3v) is 4.04. The van der Waals surface area contributed by atoms with E-state index in [1.807, 2.05) is 19.9 Å². The molecule has 3 aromatic rings. The Kier molecular flexibility index (Phi) is 4.58. The minimum Gasteiger partial charge on any atom is -0.504 e. The minimum absolute atomic E-state index is 0.00726. The molecule has 0 unspecified atom stereocenters. The highest BCUT2D eigenvalue weighted by Gasteiger charge is 2.14. The van der Waals surface area contributed by atoms with E-state index in [1.165, 1.54) is 13.3 Å². The predicted molar refractivity (Wildman–Crippen MR) is 96.7 cm³/mol. The zero-order valence-electron chi connectivity index (χ0n) is 14.2. The van der Waals surface area contributed by atoms with E-state index in [4.69, 9.17) is 4.74 Å². The van der Waals surface area contributed by atoms with Crippen LogP contribution in [0.5, 0.6) is 11.5 Å². The second-order valence-corrected chi connectivity index (χ2v) is 6.40. The van der Waals surface area contributed by atoms with Crippen molar-refractivity contribution in [2.75, 3.05) is 7.11 Å². The van der Waals surface area contributed by atoms with Gasteiger partial charge in [-0.15, -0.1) is 10.2 Å². The number of methoxy groups -OCH3 is 1. The Morgan fingerprint density at radius 3 is 2.60 bits per heavy atom. The Balaban J connectivity index is 2.05. The average molecular weight is 405 g/mol. The van der Waals surface area contributed by atoms with Crippen LogP contribution >= 0.6 is 15.9 Å². The van der Waals surface area contributed by atoms with Crippen molar-refractivity contribution in [3.63, 3.8) is 0 Å². The minimum atomic E-state index is 0.00726. The lowest BCUT2D eigenvalue weighted by Gasteiger charge is -2.07. The highest BCUT2D eigenvalue weighted by atomic mass is 79.9. The molecule has 2 aromatic heterocycles. The molecule has 0 aliphatic heterocycles. The van der Waals surface area contributed by atoms with Crippen LogP contribution in [0.15, 0.2) is 27.8 Å². The van der Waals surface area contributed by atoms with E-state index in [1.54, 1.807) is 28.4 Å². The van der Waals surface area contributed by atoms with Crippen LogP contribution in [-0.4, -0.2) is 43.1 Å². The van der Waals surface area contributed by atoms with Gasteiger partial charge in [-0.1, -0.05) is 15.9 Å². The van der Waals surface area contributed by atoms with Crippen LogP contribution in [0.1, 0.15) is 22.8 Å². The molecular formula is C16H17BrN6O2. The lowest BCUT2D eigenvalue weighted by molar-refractivity contribution is 0.373. The first-order valence-corrected chi connectivity index (χ1v) is 8.26. The van der Waals surface area contributed by atoms with Crippen molar-refractivity contribution in [1.82, 2.24) is 24.7 Å². The van der Waals surface area contributed by atoms with Gasteiger partial charge in [0.1, 0.15) is 0 Å². The normalized spacial score (nSPS) is 11.4. The molecule has 0 amide bonds. The highest BCUT2D eigenvalue weighted by molar-refractivity contribution is 9.10. The van der Waals surface area contributed by atoms with Crippen LogP contribution < -0.4 is 4.74 Å². The molecule has 3 rings (SSSR count). The molecule has 8 nitrogen and oxygen atoms in total. The standard InChI is InChI=1S/C16H17BrN6O2/c1-9-5-10(2)22(21-9)16-20-19-11(3)23(16)18-8-12-6-13(17)7-14(25-4)15(12)24/h5-8,24H,1-4H3. The van der Waals surface area contributed by atoms with E-state index in [0.717, 1.165) is 15.9 Å². The van der Waals surface area contributed by atoms with Crippen LogP contribution in [-0.2, 0) is 0 Å². The van der Waals surface area contributed by atoms with Gasteiger partial charge < -0.3 is 9.84 Å². The van der Waals surface area contributed by atoms with Crippen molar-refractivity contribution in [1.29, 1.82) is 0 Å². The van der Waals surface area contributed by atoms with Gasteiger partial charge in [-0.25, -0.2) is 4.68 Å². The molecule has 0 atom stereocenters. The van der Waals surface area contributed by atoms with Gasteiger partial charge in [0.25, 0.3) is 5.95 Å². The van der Waals surface area contributed by atoms with Crippen molar-refractivity contribution in [3.8, 4) is 17.4 Å². The number of hydrogen-bond donors (Lipinski definition) is 1. The summed E-state index contributed by atoms with van der Waals surface area (Å²) >= 11 is 3.39. The first kappa shape index (κ1) is 17.2. The molecular weight excluding hydrogens is 388 g/mol. The summed E-state index contributed by atoms with van der Waals surface area (Å²) in [6.07, 6.45) is 1.52. The summed E-state index contributed by atoms with van der Waals surface area (Å²) in [7, 11) is 1.49. The summed E-state index contributed by atoms with van der Waals surface area (Å²) < 4.78 is 9.15. The average Bonchev–Trinajstić information content (AvgIpc) is 3.09. The lowest BCUT2D eigenvalue weighted by Crippen LogP contribution is -2.08. The molecule has 0 saturated carbocycles. The lowest BCUT2D eigenvalue weighted by atomic mass is 10.2. The van der Waals surface area contributed by atoms with Gasteiger partial charge in [-0.3, -0.25) is 0 Å². The van der Waals surface area contributed by atoms with E-state index in [-0.39, 0.29) is 5.75 Å². The second-order valence-electron chi connectivity index (χ2n) is 5.49. The van der Waals surface area contributed by atoms with E-state index in [9.17, 15) is 5.11 Å². The quantitative estimate of drug-likeness (QED) is 0.675. The van der Waals surface area contributed by atoms with Crippen LogP contribution in [0.25, 0.3) is 5.95 Å². The third kappa shape index (κ3) is 3.27. The number of nitrogens with zero attached hydrogens (tertiary/aromatic N) is 6. The van der Waals surface area contributed by atoms with Gasteiger partial charge in [0.2, 0.25) is 0 Å². The summed E-state index contributed by atoms with van der Waals surface area (Å²) in [5, 5.41) is 27.3. The summed E-state index contributed by atoms with van der Waals surface area (Å²) in [6, 6.07) is 5.37. The number of ether oxygens (including phenoxy) is 1. The van der Waals surface area contributed by atoms with E-state index in [2.05, 4.69) is 36.3 Å². The van der Waals surface area contributed by atoms with Gasteiger partial charge >= 0.3 is 0 Å². The van der Waals surface area contributed by atoms with Gasteiger partial charge in [0.05, 0.1) is 19.0 Å². The maximum atomic E-state index is 10.2. The van der Waals surface area contributed by atoms with Crippen molar-refractivity contribution in [3.05, 3.63) is 45.4 Å². The molecule has 0 bridgehead atoms. The highest BCUT2D eigenvalue weighted by Crippen LogP contribution is 2.32. The zero-order chi connectivity index (χ0) is 18.1. The molecule has 2 heterocycles. The first-order valence-electron chi connectivity index (χ1n) is 7.47. The fraction of sp³-hybridized carbons (Fsp3) is 0.250. The Morgan fingerprint density at radius 1 is 1.20 bits per heavy atom. The summed E-state index contributed by atoms with van der Waals surface area (Å²) in [5.74, 6) is 1.43. The first-order chi connectivity index (χ1) is 11.9. The predicted octanol–water partition coefficient (Wildman–Crippen LogP) is 2.75. The van der Waals surface area contributed by atoms with Crippen molar-refractivity contribution in [2.24, 2.45) is 5.10 Å². The molecule has 0 radical (unpaired) electrons. The Bertz CT molecular complexity index is 960. The maximum absolute atomic E-state index is 10.2. The monoisotopic (exact) mass is 404 g/mol. The van der Waals surface area contributed by atoms with Crippen LogP contribution in [0, 0.1) is 20.8 Å². The third-order valence-electron chi connectivity index (χ3n) is 3.58. The summed E-state index contributed by atoms with van der Waals surface area (Å²) in [6.45, 7) is 5.64. The molecule has 9 heteroatoms. The molecule has 25 heavy (non-hydrogen) atoms. The zero-order valence-corrected chi connectivity index (χ0v) is 15.8. The number of halogens is 1. The molecule has 1 aromatic carbocycles. The molecule has 0 aliphatic rings. The fourth-order valence-corrected chi connectivity index (χ4v) is 2.87. The molecule has 0 fully saturated rings. The van der Waals surface area contributed by atoms with E-state index in [0.29, 0.717) is 23.1 Å². The number of aryl methyl sites for hydroxylation is 3. The number of aromatic nitrogens is 5. The van der Waals surface area contributed by atoms with Crippen molar-refractivity contribution in [2.45, 2.75) is 20.8 Å². The van der Waals surface area contributed by atoms with Gasteiger partial charge in [-0.2, -0.15) is 14.9 Å². The molecule has 1 N–H and O–H groups in total. The number of benzene rings is 1. The summed E-state index contributed by atoms with van der Waals surface area (Å²) in [4.78, 5) is 0.